The molecule has 154 valence electrons. The number of anilines is 1. The number of carbonyl (C=O) groups excluding carboxylic acids is 2. The number of hydrogen-bond acceptors (Lipinski definition) is 6. The zero-order valence-corrected chi connectivity index (χ0v) is 18.0. The molecule has 3 aromatic rings. The minimum absolute atomic E-state index is 0.185. The number of hydrogen-bond donors (Lipinski definition) is 2. The summed E-state index contributed by atoms with van der Waals surface area (Å²) >= 11 is 2.68. The maximum atomic E-state index is 13.3. The first-order valence-electron chi connectivity index (χ1n) is 9.30. The van der Waals surface area contributed by atoms with E-state index in [-0.39, 0.29) is 16.0 Å². The van der Waals surface area contributed by atoms with Crippen LogP contribution < -0.4 is 10.0 Å². The van der Waals surface area contributed by atoms with Gasteiger partial charge in [-0.2, -0.15) is 0 Å². The number of benzene rings is 1. The first kappa shape index (κ1) is 19.4. The van der Waals surface area contributed by atoms with Crippen molar-refractivity contribution in [3.05, 3.63) is 58.8 Å². The minimum atomic E-state index is -3.76. The molecule has 7 nitrogen and oxygen atoms in total. The third-order valence-electron chi connectivity index (χ3n) is 5.31. The lowest BCUT2D eigenvalue weighted by molar-refractivity contribution is -0.120. The fourth-order valence-electron chi connectivity index (χ4n) is 3.93. The van der Waals surface area contributed by atoms with Crippen molar-refractivity contribution >= 4 is 50.2 Å². The van der Waals surface area contributed by atoms with Gasteiger partial charge in [0.1, 0.15) is 10.3 Å². The Morgan fingerprint density at radius 1 is 1.07 bits per heavy atom. The molecule has 2 amide bonds. The molecule has 1 aromatic carbocycles. The predicted molar refractivity (Wildman–Crippen MR) is 116 cm³/mol. The van der Waals surface area contributed by atoms with Crippen LogP contribution in [0.15, 0.2) is 57.4 Å². The number of nitrogens with zero attached hydrogens (tertiary/aromatic N) is 1. The van der Waals surface area contributed by atoms with Crippen LogP contribution in [0.3, 0.4) is 0 Å². The van der Waals surface area contributed by atoms with Gasteiger partial charge in [0.15, 0.2) is 0 Å². The molecular weight excluding hydrogens is 442 g/mol. The molecule has 2 aromatic heterocycles. The first-order valence-corrected chi connectivity index (χ1v) is 12.5. The van der Waals surface area contributed by atoms with E-state index in [4.69, 9.17) is 0 Å². The third kappa shape index (κ3) is 3.25. The van der Waals surface area contributed by atoms with E-state index in [9.17, 15) is 18.0 Å². The minimum Gasteiger partial charge on any atom is -0.325 e. The Balaban J connectivity index is 1.47. The van der Waals surface area contributed by atoms with E-state index in [1.165, 1.54) is 11.0 Å². The Morgan fingerprint density at radius 3 is 2.60 bits per heavy atom. The summed E-state index contributed by atoms with van der Waals surface area (Å²) in [7, 11) is -3.76. The number of nitrogens with one attached hydrogen (secondary N) is 2. The van der Waals surface area contributed by atoms with Gasteiger partial charge in [0.25, 0.3) is 5.91 Å². The Bertz CT molecular complexity index is 1220. The van der Waals surface area contributed by atoms with Crippen LogP contribution in [0.1, 0.15) is 16.8 Å². The van der Waals surface area contributed by atoms with Crippen molar-refractivity contribution in [2.24, 2.45) is 0 Å². The Kier molecular flexibility index (Phi) is 4.73. The molecule has 2 N–H and O–H groups in total. The average Bonchev–Trinajstić information content (AvgIpc) is 3.47. The SMILES string of the molecule is O=C1Nc2ccc(-c3cccs3)cc2C(=O)N2CCC(NS(=O)(=O)c3cccs3)C12. The Labute approximate surface area is 181 Å². The summed E-state index contributed by atoms with van der Waals surface area (Å²) in [5, 5.41) is 6.46. The van der Waals surface area contributed by atoms with E-state index in [0.29, 0.717) is 24.2 Å². The maximum absolute atomic E-state index is 13.3. The number of thiophene rings is 2. The van der Waals surface area contributed by atoms with E-state index in [1.54, 1.807) is 34.9 Å². The van der Waals surface area contributed by atoms with Crippen LogP contribution >= 0.6 is 22.7 Å². The van der Waals surface area contributed by atoms with E-state index >= 15 is 0 Å². The summed E-state index contributed by atoms with van der Waals surface area (Å²) in [6, 6.07) is 10.9. The normalized spacial score (nSPS) is 21.1. The van der Waals surface area contributed by atoms with Gasteiger partial charge in [0.2, 0.25) is 15.9 Å². The van der Waals surface area contributed by atoms with Crippen LogP contribution in [0, 0.1) is 0 Å². The lowest BCUT2D eigenvalue weighted by Crippen LogP contribution is -2.51. The molecule has 0 aliphatic carbocycles. The molecule has 0 bridgehead atoms. The average molecular weight is 460 g/mol. The van der Waals surface area contributed by atoms with Crippen molar-refractivity contribution in [1.29, 1.82) is 0 Å². The smallest absolute Gasteiger partial charge is 0.256 e. The van der Waals surface area contributed by atoms with Gasteiger partial charge in [-0.3, -0.25) is 9.59 Å². The van der Waals surface area contributed by atoms with E-state index < -0.39 is 22.1 Å². The van der Waals surface area contributed by atoms with Crippen LogP contribution in [0.2, 0.25) is 0 Å². The van der Waals surface area contributed by atoms with Crippen molar-refractivity contribution in [3.8, 4) is 10.4 Å². The molecule has 10 heteroatoms. The highest BCUT2D eigenvalue weighted by atomic mass is 32.2. The molecule has 0 radical (unpaired) electrons. The summed E-state index contributed by atoms with van der Waals surface area (Å²) < 4.78 is 28.1. The maximum Gasteiger partial charge on any atom is 0.256 e. The molecule has 0 spiro atoms. The predicted octanol–water partition coefficient (Wildman–Crippen LogP) is 2.99. The standard InChI is InChI=1S/C20H17N3O4S3/c24-19-18-15(22-30(26,27)17-4-2-10-29-17)7-8-23(18)20(25)13-11-12(5-6-14(13)21-19)16-3-1-9-28-16/h1-6,9-11,15,18,22H,7-8H2,(H,21,24). The van der Waals surface area contributed by atoms with E-state index in [1.807, 2.05) is 23.6 Å². The van der Waals surface area contributed by atoms with Crippen molar-refractivity contribution in [3.63, 3.8) is 0 Å². The number of fused-ring (bicyclic) bond motifs is 2. The molecule has 2 aliphatic rings. The van der Waals surface area contributed by atoms with Crippen LogP contribution in [0.25, 0.3) is 10.4 Å². The second kappa shape index (κ2) is 7.31. The third-order valence-corrected chi connectivity index (χ3v) is 9.11. The molecule has 1 fully saturated rings. The molecule has 0 saturated carbocycles. The van der Waals surface area contributed by atoms with Crippen LogP contribution in [-0.2, 0) is 14.8 Å². The highest BCUT2D eigenvalue weighted by Gasteiger charge is 2.46. The second-order valence-corrected chi connectivity index (χ2v) is 11.0. The summed E-state index contributed by atoms with van der Waals surface area (Å²) in [5.74, 6) is -0.660. The Morgan fingerprint density at radius 2 is 1.87 bits per heavy atom. The van der Waals surface area contributed by atoms with Crippen molar-refractivity contribution in [1.82, 2.24) is 9.62 Å². The summed E-state index contributed by atoms with van der Waals surface area (Å²) in [4.78, 5) is 28.8. The molecule has 30 heavy (non-hydrogen) atoms. The molecule has 2 aliphatic heterocycles. The topological polar surface area (TPSA) is 95.6 Å². The highest BCUT2D eigenvalue weighted by molar-refractivity contribution is 7.91. The molecular formula is C20H17N3O4S3. The molecule has 2 unspecified atom stereocenters. The largest absolute Gasteiger partial charge is 0.325 e. The van der Waals surface area contributed by atoms with Gasteiger partial charge in [-0.05, 0) is 47.0 Å². The summed E-state index contributed by atoms with van der Waals surface area (Å²) in [6.07, 6.45) is 0.369. The fourth-order valence-corrected chi connectivity index (χ4v) is 6.94. The Hall–Kier alpha value is -2.53. The van der Waals surface area contributed by atoms with Gasteiger partial charge in [-0.15, -0.1) is 22.7 Å². The van der Waals surface area contributed by atoms with E-state index in [2.05, 4.69) is 10.0 Å². The van der Waals surface area contributed by atoms with Gasteiger partial charge in [0.05, 0.1) is 17.3 Å². The van der Waals surface area contributed by atoms with Gasteiger partial charge >= 0.3 is 0 Å². The van der Waals surface area contributed by atoms with Crippen LogP contribution in [0.5, 0.6) is 0 Å². The van der Waals surface area contributed by atoms with Gasteiger partial charge < -0.3 is 10.2 Å². The summed E-state index contributed by atoms with van der Waals surface area (Å²) in [5.41, 5.74) is 1.76. The molecule has 2 atom stereocenters. The molecule has 1 saturated heterocycles. The van der Waals surface area contributed by atoms with Crippen molar-refractivity contribution in [2.45, 2.75) is 22.7 Å². The zero-order valence-electron chi connectivity index (χ0n) is 15.6. The van der Waals surface area contributed by atoms with Crippen LogP contribution in [0.4, 0.5) is 5.69 Å². The zero-order chi connectivity index (χ0) is 20.9. The van der Waals surface area contributed by atoms with Crippen molar-refractivity contribution < 1.29 is 18.0 Å². The number of sulfonamides is 1. The van der Waals surface area contributed by atoms with Gasteiger partial charge in [-0.1, -0.05) is 18.2 Å². The first-order chi connectivity index (χ1) is 14.4. The molecule has 5 rings (SSSR count). The number of amides is 2. The van der Waals surface area contributed by atoms with Crippen molar-refractivity contribution in [2.75, 3.05) is 11.9 Å². The summed E-state index contributed by atoms with van der Waals surface area (Å²) in [6.45, 7) is 0.303. The second-order valence-electron chi connectivity index (χ2n) is 7.12. The number of carbonyl (C=O) groups is 2. The van der Waals surface area contributed by atoms with E-state index in [0.717, 1.165) is 21.8 Å². The van der Waals surface area contributed by atoms with Gasteiger partial charge in [-0.25, -0.2) is 13.1 Å². The van der Waals surface area contributed by atoms with Crippen LogP contribution in [-0.4, -0.2) is 43.8 Å². The quantitative estimate of drug-likeness (QED) is 0.627. The highest BCUT2D eigenvalue weighted by Crippen LogP contribution is 2.34. The van der Waals surface area contributed by atoms with Gasteiger partial charge in [0, 0.05) is 11.4 Å². The molecule has 4 heterocycles. The monoisotopic (exact) mass is 459 g/mol. The lowest BCUT2D eigenvalue weighted by Gasteiger charge is -2.24. The lowest BCUT2D eigenvalue weighted by atomic mass is 10.1. The number of rotatable bonds is 4. The fraction of sp³-hybridized carbons (Fsp3) is 0.200.